The van der Waals surface area contributed by atoms with E-state index in [0.29, 0.717) is 24.1 Å². The van der Waals surface area contributed by atoms with Gasteiger partial charge in [0.1, 0.15) is 0 Å². The molecule has 0 saturated heterocycles. The molecular weight excluding hydrogens is 258 g/mol. The Morgan fingerprint density at radius 2 is 2.20 bits per heavy atom. The Morgan fingerprint density at radius 1 is 1.30 bits per heavy atom. The van der Waals surface area contributed by atoms with Crippen molar-refractivity contribution in [2.75, 3.05) is 24.0 Å². The molecule has 102 valence electrons. The Balaban J connectivity index is 1.75. The second kappa shape index (κ2) is 5.43. The summed E-state index contributed by atoms with van der Waals surface area (Å²) >= 11 is 0. The molecule has 0 spiro atoms. The van der Waals surface area contributed by atoms with Crippen molar-refractivity contribution in [3.8, 4) is 11.5 Å². The van der Waals surface area contributed by atoms with Crippen LogP contribution in [-0.2, 0) is 0 Å². The first-order chi connectivity index (χ1) is 9.85. The lowest BCUT2D eigenvalue weighted by Gasteiger charge is -2.07. The lowest BCUT2D eigenvalue weighted by Crippen LogP contribution is -2.05. The third kappa shape index (κ3) is 2.61. The van der Waals surface area contributed by atoms with Crippen LogP contribution in [0.3, 0.4) is 0 Å². The van der Waals surface area contributed by atoms with Crippen molar-refractivity contribution in [3.05, 3.63) is 37.1 Å². The van der Waals surface area contributed by atoms with Gasteiger partial charge in [-0.2, -0.15) is 10.1 Å². The highest BCUT2D eigenvalue weighted by Crippen LogP contribution is 2.34. The van der Waals surface area contributed by atoms with Gasteiger partial charge in [0, 0.05) is 18.3 Å². The molecule has 20 heavy (non-hydrogen) atoms. The first kappa shape index (κ1) is 12.2. The van der Waals surface area contributed by atoms with E-state index < -0.39 is 0 Å². The van der Waals surface area contributed by atoms with Gasteiger partial charge in [-0.15, -0.1) is 11.7 Å². The number of anilines is 3. The minimum atomic E-state index is 0.248. The maximum absolute atomic E-state index is 5.31. The molecule has 7 nitrogen and oxygen atoms in total. The molecule has 7 heteroatoms. The molecule has 0 saturated carbocycles. The second-order valence-electron chi connectivity index (χ2n) is 4.03. The van der Waals surface area contributed by atoms with E-state index in [1.54, 1.807) is 12.3 Å². The van der Waals surface area contributed by atoms with Crippen molar-refractivity contribution in [1.82, 2.24) is 15.2 Å². The van der Waals surface area contributed by atoms with Crippen molar-refractivity contribution in [2.45, 2.75) is 0 Å². The molecule has 0 fully saturated rings. The Morgan fingerprint density at radius 3 is 3.10 bits per heavy atom. The van der Waals surface area contributed by atoms with Gasteiger partial charge in [0.2, 0.25) is 12.7 Å². The van der Waals surface area contributed by atoms with Crippen molar-refractivity contribution >= 4 is 17.5 Å². The quantitative estimate of drug-likeness (QED) is 0.804. The molecule has 1 aromatic carbocycles. The number of benzene rings is 1. The number of hydrogen-bond acceptors (Lipinski definition) is 7. The fraction of sp³-hybridized carbons (Fsp3) is 0.154. The lowest BCUT2D eigenvalue weighted by atomic mass is 10.3. The first-order valence-electron chi connectivity index (χ1n) is 6.06. The Hall–Kier alpha value is -2.83. The third-order valence-electron chi connectivity index (χ3n) is 2.62. The molecule has 2 N–H and O–H groups in total. The summed E-state index contributed by atoms with van der Waals surface area (Å²) in [6.07, 6.45) is 3.29. The maximum atomic E-state index is 5.31. The molecule has 1 aromatic heterocycles. The Bertz CT molecular complexity index is 632. The molecule has 0 bridgehead atoms. The van der Waals surface area contributed by atoms with Crippen LogP contribution in [0.2, 0.25) is 0 Å². The monoisotopic (exact) mass is 271 g/mol. The second-order valence-corrected chi connectivity index (χ2v) is 4.03. The smallest absolute Gasteiger partial charge is 0.249 e. The maximum Gasteiger partial charge on any atom is 0.249 e. The van der Waals surface area contributed by atoms with Crippen molar-refractivity contribution < 1.29 is 9.47 Å². The number of fused-ring (bicyclic) bond motifs is 1. The number of aromatic nitrogens is 3. The summed E-state index contributed by atoms with van der Waals surface area (Å²) in [7, 11) is 0. The van der Waals surface area contributed by atoms with Crippen LogP contribution in [0.25, 0.3) is 0 Å². The van der Waals surface area contributed by atoms with E-state index in [1.807, 2.05) is 18.2 Å². The lowest BCUT2D eigenvalue weighted by molar-refractivity contribution is 0.174. The first-order valence-corrected chi connectivity index (χ1v) is 6.06. The summed E-state index contributed by atoms with van der Waals surface area (Å²) in [6, 6.07) is 5.52. The van der Waals surface area contributed by atoms with Crippen molar-refractivity contribution in [2.24, 2.45) is 0 Å². The minimum absolute atomic E-state index is 0.248. The zero-order valence-electron chi connectivity index (χ0n) is 10.7. The van der Waals surface area contributed by atoms with Crippen LogP contribution in [-0.4, -0.2) is 28.5 Å². The van der Waals surface area contributed by atoms with Gasteiger partial charge in [0.15, 0.2) is 17.3 Å². The molecule has 1 aliphatic rings. The molecule has 3 rings (SSSR count). The summed E-state index contributed by atoms with van der Waals surface area (Å²) in [5.74, 6) is 2.46. The van der Waals surface area contributed by atoms with Gasteiger partial charge in [-0.1, -0.05) is 6.08 Å². The highest BCUT2D eigenvalue weighted by atomic mass is 16.7. The third-order valence-corrected chi connectivity index (χ3v) is 2.62. The SMILES string of the molecule is C=CCNc1cnnc(Nc2ccc3c(c2)OCO3)n1. The molecule has 0 atom stereocenters. The van der Waals surface area contributed by atoms with E-state index in [4.69, 9.17) is 9.47 Å². The van der Waals surface area contributed by atoms with E-state index in [-0.39, 0.29) is 6.79 Å². The topological polar surface area (TPSA) is 81.2 Å². The standard InChI is InChI=1S/C13H13N5O2/c1-2-5-14-12-7-15-18-13(17-12)16-9-3-4-10-11(6-9)20-8-19-10/h2-4,6-7H,1,5,8H2,(H2,14,16,17,18). The number of rotatable bonds is 5. The fourth-order valence-corrected chi connectivity index (χ4v) is 1.72. The predicted octanol–water partition coefficient (Wildman–Crippen LogP) is 1.94. The van der Waals surface area contributed by atoms with Crippen LogP contribution in [0, 0.1) is 0 Å². The van der Waals surface area contributed by atoms with Gasteiger partial charge in [-0.25, -0.2) is 0 Å². The van der Waals surface area contributed by atoms with Gasteiger partial charge in [0.05, 0.1) is 6.20 Å². The molecule has 0 aliphatic carbocycles. The largest absolute Gasteiger partial charge is 0.454 e. The van der Waals surface area contributed by atoms with Gasteiger partial charge < -0.3 is 20.1 Å². The van der Waals surface area contributed by atoms with E-state index in [1.165, 1.54) is 0 Å². The number of nitrogens with one attached hydrogen (secondary N) is 2. The van der Waals surface area contributed by atoms with Crippen LogP contribution in [0.4, 0.5) is 17.5 Å². The normalized spacial score (nSPS) is 12.0. The van der Waals surface area contributed by atoms with Crippen molar-refractivity contribution in [1.29, 1.82) is 0 Å². The van der Waals surface area contributed by atoms with Crippen LogP contribution in [0.15, 0.2) is 37.1 Å². The van der Waals surface area contributed by atoms with Gasteiger partial charge in [-0.3, -0.25) is 0 Å². The van der Waals surface area contributed by atoms with Gasteiger partial charge in [0.25, 0.3) is 0 Å². The average Bonchev–Trinajstić information content (AvgIpc) is 2.93. The summed E-state index contributed by atoms with van der Waals surface area (Å²) in [6.45, 7) is 4.49. The van der Waals surface area contributed by atoms with E-state index in [2.05, 4.69) is 32.4 Å². The van der Waals surface area contributed by atoms with E-state index in [9.17, 15) is 0 Å². The zero-order chi connectivity index (χ0) is 13.8. The molecular formula is C13H13N5O2. The Kier molecular flexibility index (Phi) is 3.32. The van der Waals surface area contributed by atoms with E-state index >= 15 is 0 Å². The van der Waals surface area contributed by atoms with Crippen LogP contribution >= 0.6 is 0 Å². The highest BCUT2D eigenvalue weighted by Gasteiger charge is 2.13. The fourth-order valence-electron chi connectivity index (χ4n) is 1.72. The molecule has 0 amide bonds. The highest BCUT2D eigenvalue weighted by molar-refractivity contribution is 5.60. The Labute approximate surface area is 115 Å². The number of nitrogens with zero attached hydrogens (tertiary/aromatic N) is 3. The van der Waals surface area contributed by atoms with Crippen LogP contribution in [0.1, 0.15) is 0 Å². The van der Waals surface area contributed by atoms with Crippen LogP contribution in [0.5, 0.6) is 11.5 Å². The van der Waals surface area contributed by atoms with Gasteiger partial charge in [-0.05, 0) is 12.1 Å². The minimum Gasteiger partial charge on any atom is -0.454 e. The predicted molar refractivity (Wildman–Crippen MR) is 74.4 cm³/mol. The summed E-state index contributed by atoms with van der Waals surface area (Å²) in [4.78, 5) is 4.28. The molecule has 1 aliphatic heterocycles. The number of hydrogen-bond donors (Lipinski definition) is 2. The zero-order valence-corrected chi connectivity index (χ0v) is 10.7. The average molecular weight is 271 g/mol. The molecule has 2 aromatic rings. The summed E-state index contributed by atoms with van der Waals surface area (Å²) in [5, 5.41) is 13.9. The molecule has 0 radical (unpaired) electrons. The van der Waals surface area contributed by atoms with Crippen molar-refractivity contribution in [3.63, 3.8) is 0 Å². The summed E-state index contributed by atoms with van der Waals surface area (Å²) < 4.78 is 10.6. The number of ether oxygens (including phenoxy) is 2. The summed E-state index contributed by atoms with van der Waals surface area (Å²) in [5.41, 5.74) is 0.803. The van der Waals surface area contributed by atoms with Crippen LogP contribution < -0.4 is 20.1 Å². The molecule has 0 unspecified atom stereocenters. The van der Waals surface area contributed by atoms with E-state index in [0.717, 1.165) is 11.4 Å². The van der Waals surface area contributed by atoms with Gasteiger partial charge >= 0.3 is 0 Å². The molecule has 2 heterocycles.